The summed E-state index contributed by atoms with van der Waals surface area (Å²) in [5.41, 5.74) is 1.57. The summed E-state index contributed by atoms with van der Waals surface area (Å²) in [4.78, 5) is 0. The lowest BCUT2D eigenvalue weighted by atomic mass is 9.86. The molecule has 2 heteroatoms. The molecule has 2 nitrogen and oxygen atoms in total. The van der Waals surface area contributed by atoms with Gasteiger partial charge in [-0.15, -0.1) is 0 Å². The molecule has 1 saturated heterocycles. The molecule has 19 heavy (non-hydrogen) atoms. The minimum Gasteiger partial charge on any atom is -0.377 e. The van der Waals surface area contributed by atoms with Gasteiger partial charge in [0.1, 0.15) is 0 Å². The van der Waals surface area contributed by atoms with Crippen molar-refractivity contribution in [1.29, 1.82) is 0 Å². The van der Waals surface area contributed by atoms with Crippen LogP contribution >= 0.6 is 0 Å². The molecule has 0 amide bonds. The molecule has 0 aromatic heterocycles. The summed E-state index contributed by atoms with van der Waals surface area (Å²) in [7, 11) is 0. The molecular formula is C17H27NO. The third kappa shape index (κ3) is 4.05. The summed E-state index contributed by atoms with van der Waals surface area (Å²) in [6, 6.07) is 10.7. The van der Waals surface area contributed by atoms with E-state index in [0.29, 0.717) is 17.9 Å². The van der Waals surface area contributed by atoms with E-state index in [1.165, 1.54) is 12.0 Å². The minimum atomic E-state index is 0.184. The summed E-state index contributed by atoms with van der Waals surface area (Å²) in [5.74, 6) is 1.09. The van der Waals surface area contributed by atoms with Crippen molar-refractivity contribution < 1.29 is 4.74 Å². The molecule has 1 aromatic carbocycles. The van der Waals surface area contributed by atoms with Gasteiger partial charge in [0.25, 0.3) is 0 Å². The highest BCUT2D eigenvalue weighted by Crippen LogP contribution is 2.32. The fourth-order valence-electron chi connectivity index (χ4n) is 2.81. The van der Waals surface area contributed by atoms with Gasteiger partial charge in [-0.1, -0.05) is 37.3 Å². The zero-order valence-electron chi connectivity index (χ0n) is 12.6. The van der Waals surface area contributed by atoms with Crippen molar-refractivity contribution in [1.82, 2.24) is 5.32 Å². The first-order chi connectivity index (χ1) is 8.97. The molecule has 1 N–H and O–H groups in total. The molecule has 1 heterocycles. The van der Waals surface area contributed by atoms with Gasteiger partial charge in [0.15, 0.2) is 0 Å². The van der Waals surface area contributed by atoms with E-state index in [0.717, 1.165) is 13.2 Å². The number of nitrogens with one attached hydrogen (secondary N) is 1. The van der Waals surface area contributed by atoms with Crippen molar-refractivity contribution in [3.63, 3.8) is 0 Å². The van der Waals surface area contributed by atoms with Crippen molar-refractivity contribution in [2.45, 2.75) is 51.7 Å². The van der Waals surface area contributed by atoms with Crippen LogP contribution in [0.5, 0.6) is 0 Å². The van der Waals surface area contributed by atoms with Crippen LogP contribution in [0.15, 0.2) is 30.3 Å². The van der Waals surface area contributed by atoms with Gasteiger partial charge in [-0.05, 0) is 32.8 Å². The first-order valence-corrected chi connectivity index (χ1v) is 7.39. The summed E-state index contributed by atoms with van der Waals surface area (Å²) >= 11 is 0. The van der Waals surface area contributed by atoms with Gasteiger partial charge in [0.05, 0.1) is 6.10 Å². The zero-order valence-corrected chi connectivity index (χ0v) is 12.6. The Hall–Kier alpha value is -0.860. The van der Waals surface area contributed by atoms with Crippen LogP contribution in [0.3, 0.4) is 0 Å². The maximum Gasteiger partial charge on any atom is 0.0681 e. The highest BCUT2D eigenvalue weighted by atomic mass is 16.5. The van der Waals surface area contributed by atoms with Gasteiger partial charge in [-0.3, -0.25) is 0 Å². The van der Waals surface area contributed by atoms with E-state index in [1.807, 2.05) is 0 Å². The Morgan fingerprint density at radius 1 is 1.26 bits per heavy atom. The van der Waals surface area contributed by atoms with Crippen LogP contribution in [-0.4, -0.2) is 24.8 Å². The molecule has 2 rings (SSSR count). The highest BCUT2D eigenvalue weighted by molar-refractivity contribution is 5.20. The highest BCUT2D eigenvalue weighted by Gasteiger charge is 2.33. The molecule has 1 aliphatic rings. The number of benzene rings is 1. The topological polar surface area (TPSA) is 21.3 Å². The van der Waals surface area contributed by atoms with E-state index in [1.54, 1.807) is 0 Å². The fourth-order valence-corrected chi connectivity index (χ4v) is 2.81. The second-order valence-corrected chi connectivity index (χ2v) is 6.71. The Labute approximate surface area is 117 Å². The van der Waals surface area contributed by atoms with E-state index in [-0.39, 0.29) is 5.54 Å². The number of ether oxygens (including phenoxy) is 1. The van der Waals surface area contributed by atoms with Crippen molar-refractivity contribution in [3.05, 3.63) is 35.9 Å². The first kappa shape index (κ1) is 14.5. The molecule has 0 aliphatic carbocycles. The van der Waals surface area contributed by atoms with E-state index in [2.05, 4.69) is 63.3 Å². The quantitative estimate of drug-likeness (QED) is 0.894. The summed E-state index contributed by atoms with van der Waals surface area (Å²) in [5, 5.41) is 3.62. The molecular weight excluding hydrogens is 234 g/mol. The summed E-state index contributed by atoms with van der Waals surface area (Å²) < 4.78 is 6.01. The average molecular weight is 261 g/mol. The van der Waals surface area contributed by atoms with Crippen LogP contribution in [0.25, 0.3) is 0 Å². The third-order valence-corrected chi connectivity index (χ3v) is 3.98. The predicted octanol–water partition coefficient (Wildman–Crippen LogP) is 3.58. The average Bonchev–Trinajstić information content (AvgIpc) is 2.84. The minimum absolute atomic E-state index is 0.184. The van der Waals surface area contributed by atoms with Crippen LogP contribution < -0.4 is 5.32 Å². The molecule has 0 bridgehead atoms. The first-order valence-electron chi connectivity index (χ1n) is 7.39. The van der Waals surface area contributed by atoms with Crippen LogP contribution in [0, 0.1) is 5.92 Å². The van der Waals surface area contributed by atoms with E-state index < -0.39 is 0 Å². The van der Waals surface area contributed by atoms with Crippen molar-refractivity contribution >= 4 is 0 Å². The summed E-state index contributed by atoms with van der Waals surface area (Å²) in [6.07, 6.45) is 1.52. The van der Waals surface area contributed by atoms with E-state index in [4.69, 9.17) is 4.74 Å². The maximum absolute atomic E-state index is 6.01. The molecule has 1 fully saturated rings. The van der Waals surface area contributed by atoms with E-state index in [9.17, 15) is 0 Å². The van der Waals surface area contributed by atoms with Gasteiger partial charge in [-0.25, -0.2) is 0 Å². The van der Waals surface area contributed by atoms with Gasteiger partial charge in [0.2, 0.25) is 0 Å². The SMILES string of the molecule is CC(c1ccccc1)C1OCCC1CNC(C)(C)C. The number of hydrogen-bond acceptors (Lipinski definition) is 2. The fraction of sp³-hybridized carbons (Fsp3) is 0.647. The van der Waals surface area contributed by atoms with Crippen LogP contribution in [0.1, 0.15) is 45.6 Å². The van der Waals surface area contributed by atoms with Crippen LogP contribution in [0.4, 0.5) is 0 Å². The third-order valence-electron chi connectivity index (χ3n) is 3.98. The maximum atomic E-state index is 6.01. The Bertz CT molecular complexity index is 382. The van der Waals surface area contributed by atoms with Gasteiger partial charge in [0, 0.05) is 30.5 Å². The molecule has 3 unspecified atom stereocenters. The molecule has 106 valence electrons. The molecule has 1 aliphatic heterocycles. The molecule has 0 spiro atoms. The van der Waals surface area contributed by atoms with Crippen molar-refractivity contribution in [3.8, 4) is 0 Å². The molecule has 1 aromatic rings. The Balaban J connectivity index is 1.98. The Morgan fingerprint density at radius 2 is 1.95 bits per heavy atom. The largest absolute Gasteiger partial charge is 0.377 e. The van der Waals surface area contributed by atoms with Crippen LogP contribution in [0.2, 0.25) is 0 Å². The normalized spacial score (nSPS) is 25.5. The predicted molar refractivity (Wildman–Crippen MR) is 80.5 cm³/mol. The van der Waals surface area contributed by atoms with Crippen LogP contribution in [-0.2, 0) is 4.74 Å². The Kier molecular flexibility index (Phi) is 4.64. The lowest BCUT2D eigenvalue weighted by Crippen LogP contribution is -2.41. The Morgan fingerprint density at radius 3 is 2.58 bits per heavy atom. The molecule has 0 radical (unpaired) electrons. The lowest BCUT2D eigenvalue weighted by Gasteiger charge is -2.29. The van der Waals surface area contributed by atoms with E-state index >= 15 is 0 Å². The summed E-state index contributed by atoms with van der Waals surface area (Å²) in [6.45, 7) is 10.9. The smallest absolute Gasteiger partial charge is 0.0681 e. The standard InChI is InChI=1S/C17H27NO/c1-13(14-8-6-5-7-9-14)16-15(10-11-19-16)12-18-17(2,3)4/h5-9,13,15-16,18H,10-12H2,1-4H3. The van der Waals surface area contributed by atoms with Crippen molar-refractivity contribution in [2.24, 2.45) is 5.92 Å². The van der Waals surface area contributed by atoms with Gasteiger partial charge < -0.3 is 10.1 Å². The van der Waals surface area contributed by atoms with Gasteiger partial charge >= 0.3 is 0 Å². The number of hydrogen-bond donors (Lipinski definition) is 1. The monoisotopic (exact) mass is 261 g/mol. The van der Waals surface area contributed by atoms with Crippen molar-refractivity contribution in [2.75, 3.05) is 13.2 Å². The van der Waals surface area contributed by atoms with Gasteiger partial charge in [-0.2, -0.15) is 0 Å². The lowest BCUT2D eigenvalue weighted by molar-refractivity contribution is 0.0705. The second kappa shape index (κ2) is 6.06. The molecule has 3 atom stereocenters. The second-order valence-electron chi connectivity index (χ2n) is 6.71. The molecule has 0 saturated carbocycles. The zero-order chi connectivity index (χ0) is 13.9. The number of rotatable bonds is 4.